The Morgan fingerprint density at radius 1 is 0.354 bits per heavy atom. The molecule has 0 unspecified atom stereocenters. The Kier molecular flexibility index (Phi) is 27.5. The molecular weight excluding hydrogens is 1580 g/mol. The normalized spacial score (nSPS) is 12.7. The van der Waals surface area contributed by atoms with Crippen LogP contribution in [0.15, 0.2) is 146 Å². The SMILES string of the molecule is CC1=Cc2cc(C)c(C)cc2[Si]1(C)C.CC1=Nc2cc(C)c(C)cc2[Si]1(C)C.Cc1cc2cc(C)c(C)cc2[se]1.Cc1cc2cc(C)c(C)cc2o1.Cc1cc2cc(C)c(C)cc2s1.Cc1cc2nc(C)n(C)c2cc1C.Cc1nc2cc(C)c(C)cc2[se]1.Cc1nc2cc(C)c(C)cc2o1.Cc1nc2cc(C)c(C)cc2s1. The maximum Gasteiger partial charge on any atom is 0.192 e. The van der Waals surface area contributed by atoms with Crippen molar-refractivity contribution in [2.45, 2.75) is 213 Å². The van der Waals surface area contributed by atoms with Crippen molar-refractivity contribution in [1.29, 1.82) is 0 Å². The van der Waals surface area contributed by atoms with E-state index in [1.54, 1.807) is 30.4 Å². The summed E-state index contributed by atoms with van der Waals surface area (Å²) in [6.45, 7) is 67.3. The molecule has 0 fully saturated rings. The standard InChI is InChI=1S/C13H18Si.C12H17NSi.C11H14N2.C11H12O.C11H12S.C11H12Se.C10H11NO.C10H11NS.C10H11NSe/c1-9-6-12-8-11(3)14(4,5)13(12)7-10(9)2;1-8-6-11-12(7-9(8)2)14(4,5)10(3)13-11;1-7-5-10-11(6-8(7)2)13(4)9(3)12-10;3*1-7-4-10-6-9(3)12-11(10)5-8(7)2;3*1-6-4-9-10(5-7(6)2)12-8(3)11-9/h6-8H,1-5H3;6-7H,1-5H3;5-6H,1-4H3;3*4-6H,1-3H3;3*4-5H,1-3H3. The molecular formula is C99H118N6O2S2Se2Si2. The fourth-order valence-electron chi connectivity index (χ4n) is 13.8. The molecule has 14 heteroatoms. The van der Waals surface area contributed by atoms with E-state index < -0.39 is 16.1 Å². The minimum absolute atomic E-state index is 0.494. The number of fused-ring (bicyclic) bond motifs is 9. The van der Waals surface area contributed by atoms with Gasteiger partial charge in [0, 0.05) is 34.3 Å². The molecule has 7 aromatic heterocycles. The van der Waals surface area contributed by atoms with Gasteiger partial charge in [0.1, 0.15) is 38.8 Å². The Morgan fingerprint density at radius 3 is 1.48 bits per heavy atom. The van der Waals surface area contributed by atoms with Crippen molar-refractivity contribution in [2.24, 2.45) is 12.0 Å². The summed E-state index contributed by atoms with van der Waals surface area (Å²) >= 11 is 4.74. The van der Waals surface area contributed by atoms with Gasteiger partial charge in [0.05, 0.1) is 31.9 Å². The minimum atomic E-state index is -1.37. The van der Waals surface area contributed by atoms with E-state index in [9.17, 15) is 0 Å². The Bertz CT molecular complexity index is 5340. The zero-order valence-corrected chi connectivity index (χ0v) is 80.4. The second-order valence-corrected chi connectivity index (χ2v) is 49.7. The van der Waals surface area contributed by atoms with Gasteiger partial charge in [-0.25, -0.2) is 15.0 Å². The molecule has 113 heavy (non-hydrogen) atoms. The van der Waals surface area contributed by atoms with Crippen LogP contribution < -0.4 is 10.4 Å². The number of benzene rings is 9. The van der Waals surface area contributed by atoms with Gasteiger partial charge in [-0.3, -0.25) is 4.99 Å². The molecule has 0 radical (unpaired) electrons. The molecule has 0 N–H and O–H groups in total. The Labute approximate surface area is 695 Å². The number of aliphatic imine (C=N–C) groups is 1. The van der Waals surface area contributed by atoms with Crippen molar-refractivity contribution < 1.29 is 8.83 Å². The number of imidazole rings is 1. The van der Waals surface area contributed by atoms with Crippen LogP contribution in [0.2, 0.25) is 26.2 Å². The number of nitrogens with zero attached hydrogens (tertiary/aromatic N) is 6. The van der Waals surface area contributed by atoms with E-state index in [4.69, 9.17) is 8.83 Å². The monoisotopic (exact) mass is 1700 g/mol. The zero-order valence-electron chi connectivity index (χ0n) is 73.3. The van der Waals surface area contributed by atoms with Gasteiger partial charge in [-0.1, -0.05) is 61.7 Å². The van der Waals surface area contributed by atoms with Crippen molar-refractivity contribution >= 4 is 168 Å². The van der Waals surface area contributed by atoms with Gasteiger partial charge >= 0.3 is 157 Å². The summed E-state index contributed by atoms with van der Waals surface area (Å²) in [4.78, 5) is 23.7. The van der Waals surface area contributed by atoms with Crippen LogP contribution >= 0.6 is 22.7 Å². The fourth-order valence-corrected chi connectivity index (χ4v) is 24.2. The van der Waals surface area contributed by atoms with E-state index in [1.165, 1.54) is 172 Å². The number of furan rings is 1. The van der Waals surface area contributed by atoms with Crippen LogP contribution in [-0.2, 0) is 7.05 Å². The van der Waals surface area contributed by atoms with E-state index >= 15 is 0 Å². The molecule has 8 nitrogen and oxygen atoms in total. The van der Waals surface area contributed by atoms with Crippen molar-refractivity contribution in [3.05, 3.63) is 275 Å². The molecule has 2 aliphatic rings. The topological polar surface area (TPSA) is 95.1 Å². The van der Waals surface area contributed by atoms with Crippen LogP contribution in [0.4, 0.5) is 5.69 Å². The van der Waals surface area contributed by atoms with E-state index in [0.29, 0.717) is 29.0 Å². The summed E-state index contributed by atoms with van der Waals surface area (Å²) in [6.07, 6.45) is 2.38. The summed E-state index contributed by atoms with van der Waals surface area (Å²) in [7, 11) is -0.571. The summed E-state index contributed by atoms with van der Waals surface area (Å²) in [6, 6.07) is 46.7. The third-order valence-electron chi connectivity index (χ3n) is 23.0. The number of aryl methyl sites for hydroxylation is 26. The molecule has 0 saturated carbocycles. The number of allylic oxidation sites excluding steroid dienone is 1. The molecule has 0 atom stereocenters. The van der Waals surface area contributed by atoms with Crippen molar-refractivity contribution in [1.82, 2.24) is 24.5 Å². The van der Waals surface area contributed by atoms with E-state index in [2.05, 4.69) is 356 Å². The minimum Gasteiger partial charge on any atom is -0.441 e. The summed E-state index contributed by atoms with van der Waals surface area (Å²) in [5.41, 5.74) is 34.6. The van der Waals surface area contributed by atoms with E-state index in [1.807, 2.05) is 38.2 Å². The Hall–Kier alpha value is -8.40. The summed E-state index contributed by atoms with van der Waals surface area (Å²) in [5, 5.41) is 11.3. The smallest absolute Gasteiger partial charge is 0.192 e. The average Bonchev–Trinajstić information content (AvgIpc) is 1.62. The van der Waals surface area contributed by atoms with Crippen LogP contribution in [0.1, 0.15) is 156 Å². The molecule has 0 saturated heterocycles. The van der Waals surface area contributed by atoms with Crippen molar-refractivity contribution in [3.63, 3.8) is 0 Å². The molecule has 0 spiro atoms. The zero-order chi connectivity index (χ0) is 82.9. The Morgan fingerprint density at radius 2 is 0.841 bits per heavy atom. The average molecular weight is 1700 g/mol. The van der Waals surface area contributed by atoms with Crippen LogP contribution in [-0.4, -0.2) is 75.0 Å². The maximum absolute atomic E-state index is 5.50. The molecule has 588 valence electrons. The first kappa shape index (κ1) is 87.0. The third-order valence-corrected chi connectivity index (χ3v) is 36.6. The van der Waals surface area contributed by atoms with Gasteiger partial charge in [0.15, 0.2) is 11.5 Å². The molecule has 0 amide bonds. The predicted molar refractivity (Wildman–Crippen MR) is 504 cm³/mol. The van der Waals surface area contributed by atoms with E-state index in [-0.39, 0.29) is 0 Å². The van der Waals surface area contributed by atoms with Gasteiger partial charge in [-0.05, 0) is 310 Å². The first-order chi connectivity index (χ1) is 52.9. The molecule has 0 bridgehead atoms. The fraction of sp³-hybridized carbons (Fsp3) is 0.323. The number of oxazole rings is 1. The van der Waals surface area contributed by atoms with Crippen LogP contribution in [0.25, 0.3) is 78.9 Å². The number of hydrogen-bond donors (Lipinski definition) is 0. The van der Waals surface area contributed by atoms with E-state index in [0.717, 1.165) is 50.2 Å². The van der Waals surface area contributed by atoms with Crippen molar-refractivity contribution in [3.8, 4) is 0 Å². The predicted octanol–water partition coefficient (Wildman–Crippen LogP) is 26.7. The number of rotatable bonds is 0. The van der Waals surface area contributed by atoms with Gasteiger partial charge in [-0.15, -0.1) is 22.7 Å². The van der Waals surface area contributed by atoms with Crippen LogP contribution in [0.5, 0.6) is 0 Å². The van der Waals surface area contributed by atoms with Crippen molar-refractivity contribution in [2.75, 3.05) is 0 Å². The first-order valence-corrected chi connectivity index (χ1v) is 50.3. The van der Waals surface area contributed by atoms with Gasteiger partial charge in [0.25, 0.3) is 0 Å². The number of thiophene rings is 1. The summed E-state index contributed by atoms with van der Waals surface area (Å²) < 4.78 is 21.6. The Balaban J connectivity index is 0.000000135. The third kappa shape index (κ3) is 20.6. The maximum atomic E-state index is 5.50. The molecule has 2 aliphatic heterocycles. The summed E-state index contributed by atoms with van der Waals surface area (Å²) in [5.74, 6) is 2.78. The van der Waals surface area contributed by atoms with Gasteiger partial charge in [-0.2, -0.15) is 0 Å². The van der Waals surface area contributed by atoms with Crippen LogP contribution in [0, 0.1) is 173 Å². The molecule has 18 rings (SSSR count). The second kappa shape index (κ2) is 35.8. The first-order valence-electron chi connectivity index (χ1n) is 39.3. The van der Waals surface area contributed by atoms with Gasteiger partial charge in [0.2, 0.25) is 0 Å². The second-order valence-electron chi connectivity index (χ2n) is 32.8. The molecule has 16 aromatic rings. The van der Waals surface area contributed by atoms with Crippen LogP contribution in [0.3, 0.4) is 0 Å². The quantitative estimate of drug-likeness (QED) is 0.140. The number of aromatic nitrogens is 5. The molecule has 9 aromatic carbocycles. The largest absolute Gasteiger partial charge is 0.441 e. The number of hydrogen-bond acceptors (Lipinski definition) is 9. The number of thiazole rings is 1. The van der Waals surface area contributed by atoms with Gasteiger partial charge < -0.3 is 13.4 Å². The molecule has 9 heterocycles. The molecule has 0 aliphatic carbocycles.